The standard InChI is InChI=1S/C20H31N3O2/c1-21-11-13-22(14-12-21)20(24)18-9-6-10-23(19(18)16-25-2)15-17-7-4-3-5-8-17/h3-5,7-8,18-19H,6,9-16H2,1-2H3/t18-,19-/m1/s1. The van der Waals surface area contributed by atoms with Gasteiger partial charge in [0.05, 0.1) is 12.5 Å². The van der Waals surface area contributed by atoms with Crippen LogP contribution in [-0.2, 0) is 16.1 Å². The van der Waals surface area contributed by atoms with Crippen LogP contribution >= 0.6 is 0 Å². The van der Waals surface area contributed by atoms with Gasteiger partial charge in [0.15, 0.2) is 0 Å². The number of amides is 1. The van der Waals surface area contributed by atoms with Crippen molar-refractivity contribution in [3.05, 3.63) is 35.9 Å². The normalized spacial score (nSPS) is 25.9. The summed E-state index contributed by atoms with van der Waals surface area (Å²) in [6.07, 6.45) is 2.06. The summed E-state index contributed by atoms with van der Waals surface area (Å²) >= 11 is 0. The van der Waals surface area contributed by atoms with Crippen LogP contribution in [-0.4, -0.2) is 80.1 Å². The van der Waals surface area contributed by atoms with E-state index in [1.165, 1.54) is 5.56 Å². The molecular weight excluding hydrogens is 314 g/mol. The fourth-order valence-electron chi connectivity index (χ4n) is 4.08. The molecule has 1 aromatic carbocycles. The van der Waals surface area contributed by atoms with Crippen LogP contribution in [0.15, 0.2) is 30.3 Å². The Labute approximate surface area is 151 Å². The van der Waals surface area contributed by atoms with E-state index < -0.39 is 0 Å². The largest absolute Gasteiger partial charge is 0.383 e. The average Bonchev–Trinajstić information content (AvgIpc) is 2.64. The number of carbonyl (C=O) groups excluding carboxylic acids is 1. The fraction of sp³-hybridized carbons (Fsp3) is 0.650. The van der Waals surface area contributed by atoms with Crippen molar-refractivity contribution in [2.24, 2.45) is 5.92 Å². The van der Waals surface area contributed by atoms with Gasteiger partial charge in [0.1, 0.15) is 0 Å². The van der Waals surface area contributed by atoms with E-state index in [9.17, 15) is 4.79 Å². The smallest absolute Gasteiger partial charge is 0.227 e. The molecule has 5 nitrogen and oxygen atoms in total. The molecular formula is C20H31N3O2. The zero-order chi connectivity index (χ0) is 17.6. The van der Waals surface area contributed by atoms with E-state index in [-0.39, 0.29) is 12.0 Å². The minimum absolute atomic E-state index is 0.0563. The summed E-state index contributed by atoms with van der Waals surface area (Å²) in [5.41, 5.74) is 1.30. The Kier molecular flexibility index (Phi) is 6.45. The summed E-state index contributed by atoms with van der Waals surface area (Å²) < 4.78 is 5.51. The Morgan fingerprint density at radius 2 is 1.84 bits per heavy atom. The van der Waals surface area contributed by atoms with Gasteiger partial charge in [-0.3, -0.25) is 9.69 Å². The summed E-state index contributed by atoms with van der Waals surface area (Å²) in [6.45, 7) is 6.20. The van der Waals surface area contributed by atoms with Crippen molar-refractivity contribution in [2.45, 2.75) is 25.4 Å². The molecule has 2 atom stereocenters. The monoisotopic (exact) mass is 345 g/mol. The van der Waals surface area contributed by atoms with Gasteiger partial charge in [0, 0.05) is 45.9 Å². The van der Waals surface area contributed by atoms with Gasteiger partial charge in [-0.15, -0.1) is 0 Å². The van der Waals surface area contributed by atoms with Gasteiger partial charge in [0.25, 0.3) is 0 Å². The molecule has 5 heteroatoms. The number of likely N-dealkylation sites (N-methyl/N-ethyl adjacent to an activating group) is 1. The molecule has 2 saturated heterocycles. The number of hydrogen-bond donors (Lipinski definition) is 0. The number of piperazine rings is 1. The Hall–Kier alpha value is -1.43. The lowest BCUT2D eigenvalue weighted by Gasteiger charge is -2.43. The Morgan fingerprint density at radius 3 is 2.52 bits per heavy atom. The molecule has 2 heterocycles. The van der Waals surface area contributed by atoms with Gasteiger partial charge in [-0.1, -0.05) is 30.3 Å². The van der Waals surface area contributed by atoms with Crippen molar-refractivity contribution < 1.29 is 9.53 Å². The molecule has 0 radical (unpaired) electrons. The number of ether oxygens (including phenoxy) is 1. The summed E-state index contributed by atoms with van der Waals surface area (Å²) in [4.78, 5) is 20.0. The first-order valence-corrected chi connectivity index (χ1v) is 9.43. The van der Waals surface area contributed by atoms with Crippen LogP contribution in [0.25, 0.3) is 0 Å². The average molecular weight is 345 g/mol. The van der Waals surface area contributed by atoms with Crippen molar-refractivity contribution in [3.8, 4) is 0 Å². The third kappa shape index (κ3) is 4.60. The first kappa shape index (κ1) is 18.4. The minimum Gasteiger partial charge on any atom is -0.383 e. The number of nitrogens with zero attached hydrogens (tertiary/aromatic N) is 3. The molecule has 2 aliphatic rings. The molecule has 138 valence electrons. The lowest BCUT2D eigenvalue weighted by Crippen LogP contribution is -2.56. The SMILES string of the molecule is COC[C@@H]1[C@H](C(=O)N2CCN(C)CC2)CCCN1Cc1ccccc1. The molecule has 0 spiro atoms. The van der Waals surface area contributed by atoms with Crippen molar-refractivity contribution in [2.75, 3.05) is 53.5 Å². The number of hydrogen-bond acceptors (Lipinski definition) is 4. The summed E-state index contributed by atoms with van der Waals surface area (Å²) in [5, 5.41) is 0. The second-order valence-corrected chi connectivity index (χ2v) is 7.36. The number of benzene rings is 1. The van der Waals surface area contributed by atoms with Crippen molar-refractivity contribution in [3.63, 3.8) is 0 Å². The number of likely N-dealkylation sites (tertiary alicyclic amines) is 1. The van der Waals surface area contributed by atoms with Crippen molar-refractivity contribution >= 4 is 5.91 Å². The van der Waals surface area contributed by atoms with Crippen LogP contribution < -0.4 is 0 Å². The van der Waals surface area contributed by atoms with E-state index in [0.29, 0.717) is 12.5 Å². The highest BCUT2D eigenvalue weighted by Gasteiger charge is 2.38. The first-order valence-electron chi connectivity index (χ1n) is 9.43. The topological polar surface area (TPSA) is 36.0 Å². The van der Waals surface area contributed by atoms with E-state index in [0.717, 1.165) is 52.1 Å². The van der Waals surface area contributed by atoms with Gasteiger partial charge < -0.3 is 14.5 Å². The fourth-order valence-corrected chi connectivity index (χ4v) is 4.08. The third-order valence-electron chi connectivity index (χ3n) is 5.59. The maximum absolute atomic E-state index is 13.2. The van der Waals surface area contributed by atoms with E-state index in [1.807, 2.05) is 6.07 Å². The van der Waals surface area contributed by atoms with Crippen molar-refractivity contribution in [1.29, 1.82) is 0 Å². The molecule has 25 heavy (non-hydrogen) atoms. The molecule has 2 aliphatic heterocycles. The van der Waals surface area contributed by atoms with Crippen LogP contribution in [0.5, 0.6) is 0 Å². The maximum Gasteiger partial charge on any atom is 0.227 e. The molecule has 0 aliphatic carbocycles. The lowest BCUT2D eigenvalue weighted by molar-refractivity contribution is -0.142. The minimum atomic E-state index is 0.0563. The third-order valence-corrected chi connectivity index (χ3v) is 5.59. The molecule has 0 unspecified atom stereocenters. The highest BCUT2D eigenvalue weighted by Crippen LogP contribution is 2.28. The second kappa shape index (κ2) is 8.79. The Balaban J connectivity index is 1.70. The van der Waals surface area contributed by atoms with Crippen LogP contribution in [0.3, 0.4) is 0 Å². The summed E-state index contributed by atoms with van der Waals surface area (Å²) in [7, 11) is 3.87. The van der Waals surface area contributed by atoms with E-state index in [2.05, 4.69) is 46.0 Å². The molecule has 0 bridgehead atoms. The van der Waals surface area contributed by atoms with Gasteiger partial charge in [-0.05, 0) is 32.0 Å². The first-order chi connectivity index (χ1) is 12.2. The molecule has 0 aromatic heterocycles. The van der Waals surface area contributed by atoms with Gasteiger partial charge >= 0.3 is 0 Å². The zero-order valence-corrected chi connectivity index (χ0v) is 15.6. The van der Waals surface area contributed by atoms with Crippen molar-refractivity contribution in [1.82, 2.24) is 14.7 Å². The lowest BCUT2D eigenvalue weighted by atomic mass is 9.87. The number of methoxy groups -OCH3 is 1. The second-order valence-electron chi connectivity index (χ2n) is 7.36. The van der Waals surface area contributed by atoms with Crippen LogP contribution in [0, 0.1) is 5.92 Å². The van der Waals surface area contributed by atoms with Gasteiger partial charge in [0.2, 0.25) is 5.91 Å². The summed E-state index contributed by atoms with van der Waals surface area (Å²) in [6, 6.07) is 10.7. The Bertz CT molecular complexity index is 543. The van der Waals surface area contributed by atoms with E-state index in [4.69, 9.17) is 4.74 Å². The van der Waals surface area contributed by atoms with Gasteiger partial charge in [-0.2, -0.15) is 0 Å². The summed E-state index contributed by atoms with van der Waals surface area (Å²) in [5.74, 6) is 0.383. The zero-order valence-electron chi connectivity index (χ0n) is 15.6. The van der Waals surface area contributed by atoms with E-state index >= 15 is 0 Å². The van der Waals surface area contributed by atoms with Crippen LogP contribution in [0.1, 0.15) is 18.4 Å². The molecule has 3 rings (SSSR count). The van der Waals surface area contributed by atoms with Gasteiger partial charge in [-0.25, -0.2) is 0 Å². The molecule has 1 amide bonds. The van der Waals surface area contributed by atoms with Crippen LogP contribution in [0.2, 0.25) is 0 Å². The predicted octanol–water partition coefficient (Wildman–Crippen LogP) is 1.69. The number of rotatable bonds is 5. The highest BCUT2D eigenvalue weighted by atomic mass is 16.5. The van der Waals surface area contributed by atoms with E-state index in [1.54, 1.807) is 7.11 Å². The molecule has 0 N–H and O–H groups in total. The Morgan fingerprint density at radius 1 is 1.12 bits per heavy atom. The van der Waals surface area contributed by atoms with Crippen LogP contribution in [0.4, 0.5) is 0 Å². The highest BCUT2D eigenvalue weighted by molar-refractivity contribution is 5.80. The maximum atomic E-state index is 13.2. The molecule has 2 fully saturated rings. The number of carbonyl (C=O) groups is 1. The predicted molar refractivity (Wildman–Crippen MR) is 99.3 cm³/mol. The molecule has 0 saturated carbocycles. The quantitative estimate of drug-likeness (QED) is 0.814. The number of piperidine rings is 1. The molecule has 1 aromatic rings.